The predicted molar refractivity (Wildman–Crippen MR) is 52.9 cm³/mol. The summed E-state index contributed by atoms with van der Waals surface area (Å²) in [5.74, 6) is 2.02. The number of carbonyl (C=O) groups is 1. The van der Waals surface area contributed by atoms with Gasteiger partial charge in [0.25, 0.3) is 0 Å². The summed E-state index contributed by atoms with van der Waals surface area (Å²) in [6.45, 7) is 3.99. The van der Waals surface area contributed by atoms with Crippen LogP contribution < -0.4 is 5.32 Å². The van der Waals surface area contributed by atoms with Gasteiger partial charge in [-0.25, -0.2) is 0 Å². The summed E-state index contributed by atoms with van der Waals surface area (Å²) in [5.41, 5.74) is -0.110. The maximum Gasteiger partial charge on any atom is 0.220 e. The first-order valence-electron chi connectivity index (χ1n) is 4.94. The van der Waals surface area contributed by atoms with Crippen LogP contribution >= 0.6 is 0 Å². The van der Waals surface area contributed by atoms with E-state index in [1.807, 2.05) is 19.1 Å². The lowest BCUT2D eigenvalue weighted by Crippen LogP contribution is -2.40. The molecule has 1 aliphatic rings. The first-order valence-corrected chi connectivity index (χ1v) is 4.94. The minimum Gasteiger partial charge on any atom is -0.466 e. The Morgan fingerprint density at radius 2 is 2.36 bits per heavy atom. The smallest absolute Gasteiger partial charge is 0.220 e. The Morgan fingerprint density at radius 3 is 2.86 bits per heavy atom. The number of furan rings is 1. The lowest BCUT2D eigenvalue weighted by molar-refractivity contribution is -0.119. The van der Waals surface area contributed by atoms with Crippen molar-refractivity contribution in [3.63, 3.8) is 0 Å². The van der Waals surface area contributed by atoms with Crippen LogP contribution in [0.4, 0.5) is 0 Å². The first kappa shape index (κ1) is 9.31. The summed E-state index contributed by atoms with van der Waals surface area (Å²) in [6.07, 6.45) is 2.31. The monoisotopic (exact) mass is 193 g/mol. The van der Waals surface area contributed by atoms with Crippen molar-refractivity contribution in [1.82, 2.24) is 5.32 Å². The van der Waals surface area contributed by atoms with Gasteiger partial charge in [-0.15, -0.1) is 0 Å². The minimum atomic E-state index is -0.110. The van der Waals surface area contributed by atoms with E-state index in [1.165, 1.54) is 0 Å². The van der Waals surface area contributed by atoms with Crippen LogP contribution in [0.5, 0.6) is 0 Å². The number of rotatable bonds is 2. The fourth-order valence-electron chi connectivity index (χ4n) is 1.95. The zero-order chi connectivity index (χ0) is 10.2. The summed E-state index contributed by atoms with van der Waals surface area (Å²) < 4.78 is 5.49. The van der Waals surface area contributed by atoms with Crippen LogP contribution in [0.3, 0.4) is 0 Å². The van der Waals surface area contributed by atoms with Crippen LogP contribution in [0.25, 0.3) is 0 Å². The van der Waals surface area contributed by atoms with Gasteiger partial charge in [0.15, 0.2) is 0 Å². The van der Waals surface area contributed by atoms with Crippen LogP contribution in [0.2, 0.25) is 0 Å². The molecule has 3 nitrogen and oxygen atoms in total. The summed E-state index contributed by atoms with van der Waals surface area (Å²) in [5, 5.41) is 2.99. The van der Waals surface area contributed by atoms with Gasteiger partial charge in [0, 0.05) is 18.4 Å². The first-order chi connectivity index (χ1) is 6.57. The van der Waals surface area contributed by atoms with Crippen molar-refractivity contribution in [2.24, 2.45) is 0 Å². The number of aryl methyl sites for hydroxylation is 1. The van der Waals surface area contributed by atoms with Gasteiger partial charge in [-0.2, -0.15) is 0 Å². The zero-order valence-electron chi connectivity index (χ0n) is 8.59. The van der Waals surface area contributed by atoms with Crippen molar-refractivity contribution in [2.45, 2.75) is 38.6 Å². The van der Waals surface area contributed by atoms with Crippen molar-refractivity contribution in [3.05, 3.63) is 23.7 Å². The Bertz CT molecular complexity index is 356. The van der Waals surface area contributed by atoms with Crippen LogP contribution in [0.1, 0.15) is 31.3 Å². The highest BCUT2D eigenvalue weighted by Gasteiger charge is 2.33. The van der Waals surface area contributed by atoms with Gasteiger partial charge in [0.2, 0.25) is 5.91 Å². The van der Waals surface area contributed by atoms with E-state index in [0.29, 0.717) is 6.42 Å². The van der Waals surface area contributed by atoms with Crippen molar-refractivity contribution in [2.75, 3.05) is 0 Å². The zero-order valence-corrected chi connectivity index (χ0v) is 8.59. The average Bonchev–Trinajstić information content (AvgIpc) is 2.60. The van der Waals surface area contributed by atoms with E-state index < -0.39 is 0 Å². The van der Waals surface area contributed by atoms with Gasteiger partial charge in [-0.3, -0.25) is 4.79 Å². The molecule has 1 aromatic rings. The van der Waals surface area contributed by atoms with E-state index in [-0.39, 0.29) is 11.4 Å². The molecular weight excluding hydrogens is 178 g/mol. The molecule has 76 valence electrons. The Labute approximate surface area is 83.5 Å². The summed E-state index contributed by atoms with van der Waals surface area (Å²) in [4.78, 5) is 11.1. The SMILES string of the molecule is Cc1ccc(CC2(C)CCC(=O)N2)o1. The van der Waals surface area contributed by atoms with E-state index in [2.05, 4.69) is 12.2 Å². The normalized spacial score (nSPS) is 26.6. The van der Waals surface area contributed by atoms with E-state index in [0.717, 1.165) is 24.4 Å². The molecule has 1 aromatic heterocycles. The Balaban J connectivity index is 2.07. The molecule has 1 atom stereocenters. The molecule has 1 aliphatic heterocycles. The van der Waals surface area contributed by atoms with Crippen LogP contribution in [-0.4, -0.2) is 11.4 Å². The Hall–Kier alpha value is -1.25. The molecule has 1 amide bonds. The Kier molecular flexibility index (Phi) is 2.10. The molecule has 3 heteroatoms. The summed E-state index contributed by atoms with van der Waals surface area (Å²) in [7, 11) is 0. The second-order valence-electron chi connectivity index (χ2n) is 4.30. The molecule has 0 spiro atoms. The minimum absolute atomic E-state index is 0.110. The van der Waals surface area contributed by atoms with Crippen LogP contribution in [0.15, 0.2) is 16.5 Å². The molecule has 0 radical (unpaired) electrons. The van der Waals surface area contributed by atoms with E-state index in [9.17, 15) is 4.79 Å². The second kappa shape index (κ2) is 3.15. The maximum absolute atomic E-state index is 11.1. The summed E-state index contributed by atoms with van der Waals surface area (Å²) >= 11 is 0. The van der Waals surface area contributed by atoms with E-state index in [4.69, 9.17) is 4.42 Å². The van der Waals surface area contributed by atoms with Gasteiger partial charge in [-0.05, 0) is 32.4 Å². The largest absolute Gasteiger partial charge is 0.466 e. The molecule has 1 unspecified atom stereocenters. The highest BCUT2D eigenvalue weighted by atomic mass is 16.3. The number of carbonyl (C=O) groups excluding carboxylic acids is 1. The fraction of sp³-hybridized carbons (Fsp3) is 0.545. The third-order valence-electron chi connectivity index (χ3n) is 2.71. The lowest BCUT2D eigenvalue weighted by Gasteiger charge is -2.22. The number of hydrogen-bond donors (Lipinski definition) is 1. The molecule has 14 heavy (non-hydrogen) atoms. The topological polar surface area (TPSA) is 42.2 Å². The molecule has 1 N–H and O–H groups in total. The highest BCUT2D eigenvalue weighted by molar-refractivity contribution is 5.79. The third kappa shape index (κ3) is 1.81. The molecule has 1 saturated heterocycles. The van der Waals surface area contributed by atoms with Gasteiger partial charge in [-0.1, -0.05) is 0 Å². The van der Waals surface area contributed by atoms with Crippen LogP contribution in [-0.2, 0) is 11.2 Å². The molecule has 2 rings (SSSR count). The van der Waals surface area contributed by atoms with Crippen molar-refractivity contribution in [3.8, 4) is 0 Å². The molecule has 1 fully saturated rings. The van der Waals surface area contributed by atoms with Gasteiger partial charge in [0.1, 0.15) is 11.5 Å². The molecule has 0 aliphatic carbocycles. The van der Waals surface area contributed by atoms with Crippen LogP contribution in [0, 0.1) is 6.92 Å². The van der Waals surface area contributed by atoms with E-state index in [1.54, 1.807) is 0 Å². The van der Waals surface area contributed by atoms with Gasteiger partial charge in [0.05, 0.1) is 0 Å². The number of hydrogen-bond acceptors (Lipinski definition) is 2. The molecule has 2 heterocycles. The quantitative estimate of drug-likeness (QED) is 0.778. The molecular formula is C11H15NO2. The lowest BCUT2D eigenvalue weighted by atomic mass is 9.95. The third-order valence-corrected chi connectivity index (χ3v) is 2.71. The average molecular weight is 193 g/mol. The number of nitrogens with one attached hydrogen (secondary N) is 1. The Morgan fingerprint density at radius 1 is 1.57 bits per heavy atom. The van der Waals surface area contributed by atoms with Crippen molar-refractivity contribution in [1.29, 1.82) is 0 Å². The molecule has 0 bridgehead atoms. The van der Waals surface area contributed by atoms with E-state index >= 15 is 0 Å². The number of amides is 1. The van der Waals surface area contributed by atoms with Crippen molar-refractivity contribution < 1.29 is 9.21 Å². The van der Waals surface area contributed by atoms with Gasteiger partial charge >= 0.3 is 0 Å². The predicted octanol–water partition coefficient (Wildman–Crippen LogP) is 1.80. The maximum atomic E-state index is 11.1. The molecule has 0 aromatic carbocycles. The highest BCUT2D eigenvalue weighted by Crippen LogP contribution is 2.24. The van der Waals surface area contributed by atoms with Gasteiger partial charge < -0.3 is 9.73 Å². The van der Waals surface area contributed by atoms with Crippen molar-refractivity contribution >= 4 is 5.91 Å². The standard InChI is InChI=1S/C11H15NO2/c1-8-3-4-9(14-8)7-11(2)6-5-10(13)12-11/h3-4H,5-7H2,1-2H3,(H,12,13). The fourth-order valence-corrected chi connectivity index (χ4v) is 1.95. The molecule has 0 saturated carbocycles. The summed E-state index contributed by atoms with van der Waals surface area (Å²) in [6, 6.07) is 3.93. The second-order valence-corrected chi connectivity index (χ2v) is 4.30.